The predicted octanol–water partition coefficient (Wildman–Crippen LogP) is 2.36. The van der Waals surface area contributed by atoms with Crippen molar-refractivity contribution < 1.29 is 8.42 Å². The van der Waals surface area contributed by atoms with E-state index in [1.165, 1.54) is 15.6 Å². The summed E-state index contributed by atoms with van der Waals surface area (Å²) in [5, 5.41) is 4.92. The highest BCUT2D eigenvalue weighted by atomic mass is 32.2. The fraction of sp³-hybridized carbons (Fsp3) is 0.538. The lowest BCUT2D eigenvalue weighted by Crippen LogP contribution is -2.33. The van der Waals surface area contributed by atoms with Gasteiger partial charge >= 0.3 is 0 Å². The van der Waals surface area contributed by atoms with E-state index >= 15 is 0 Å². The maximum atomic E-state index is 12.7. The van der Waals surface area contributed by atoms with E-state index in [1.807, 2.05) is 26.3 Å². The molecule has 0 atom stereocenters. The number of rotatable bonds is 8. The third-order valence-electron chi connectivity index (χ3n) is 2.73. The second kappa shape index (κ2) is 7.19. The summed E-state index contributed by atoms with van der Waals surface area (Å²) in [7, 11) is -1.61. The Balaban J connectivity index is 3.23. The van der Waals surface area contributed by atoms with Crippen LogP contribution in [0.15, 0.2) is 22.9 Å². The molecule has 0 aliphatic rings. The number of hydrogen-bond acceptors (Lipinski definition) is 4. The third-order valence-corrected chi connectivity index (χ3v) is 6.06. The zero-order valence-corrected chi connectivity index (χ0v) is 13.4. The van der Waals surface area contributed by atoms with E-state index in [2.05, 4.69) is 11.9 Å². The van der Waals surface area contributed by atoms with Crippen LogP contribution >= 0.6 is 11.3 Å². The zero-order chi connectivity index (χ0) is 14.5. The minimum absolute atomic E-state index is 0.352. The number of sulfonamides is 1. The number of hydrogen-bond donors (Lipinski definition) is 1. The molecular formula is C13H22N2O2S2. The number of nitrogens with one attached hydrogen (secondary N) is 1. The number of nitrogens with zero attached hydrogens (tertiary/aromatic N) is 1. The first-order valence-electron chi connectivity index (χ1n) is 6.31. The molecule has 0 radical (unpaired) electrons. The molecule has 0 saturated carbocycles. The Labute approximate surface area is 120 Å². The minimum atomic E-state index is -3.43. The Morgan fingerprint density at radius 2 is 2.21 bits per heavy atom. The van der Waals surface area contributed by atoms with Crippen LogP contribution in [-0.4, -0.2) is 32.9 Å². The quantitative estimate of drug-likeness (QED) is 0.750. The van der Waals surface area contributed by atoms with E-state index in [1.54, 1.807) is 6.08 Å². The summed E-state index contributed by atoms with van der Waals surface area (Å²) in [6.45, 7) is 8.90. The maximum absolute atomic E-state index is 12.7. The van der Waals surface area contributed by atoms with Crippen molar-refractivity contribution in [1.29, 1.82) is 0 Å². The fourth-order valence-electron chi connectivity index (χ4n) is 1.95. The summed E-state index contributed by atoms with van der Waals surface area (Å²) in [5.41, 5.74) is 0.820. The van der Waals surface area contributed by atoms with Gasteiger partial charge in [-0.25, -0.2) is 8.42 Å². The molecule has 0 aliphatic heterocycles. The summed E-state index contributed by atoms with van der Waals surface area (Å²) in [4.78, 5) is 1.33. The summed E-state index contributed by atoms with van der Waals surface area (Å²) in [6, 6.07) is 0. The normalized spacial score (nSPS) is 12.0. The summed E-state index contributed by atoms with van der Waals surface area (Å²) in [6.07, 6.45) is 2.42. The molecule has 19 heavy (non-hydrogen) atoms. The van der Waals surface area contributed by atoms with Gasteiger partial charge in [0.15, 0.2) is 0 Å². The molecule has 1 N–H and O–H groups in total. The van der Waals surface area contributed by atoms with Crippen LogP contribution in [0.1, 0.15) is 23.8 Å². The molecule has 0 bridgehead atoms. The molecule has 0 amide bonds. The van der Waals surface area contributed by atoms with Crippen LogP contribution in [-0.2, 0) is 16.6 Å². The Hall–Kier alpha value is -0.690. The lowest BCUT2D eigenvalue weighted by Gasteiger charge is -2.21. The van der Waals surface area contributed by atoms with Gasteiger partial charge in [-0.15, -0.1) is 17.9 Å². The Kier molecular flexibility index (Phi) is 6.19. The standard InChI is InChI=1S/C13H22N2O2S2/c1-5-7-15(8-6-2)19(16,17)13-11(3)10-18-12(13)9-14-4/h5,10,14H,1,6-9H2,2-4H3. The van der Waals surface area contributed by atoms with Crippen molar-refractivity contribution in [1.82, 2.24) is 9.62 Å². The second-order valence-electron chi connectivity index (χ2n) is 4.35. The van der Waals surface area contributed by atoms with E-state index in [9.17, 15) is 8.42 Å². The van der Waals surface area contributed by atoms with Crippen LogP contribution in [0.5, 0.6) is 0 Å². The van der Waals surface area contributed by atoms with Crippen molar-refractivity contribution >= 4 is 21.4 Å². The van der Waals surface area contributed by atoms with Gasteiger partial charge in [-0.3, -0.25) is 0 Å². The Morgan fingerprint density at radius 3 is 2.74 bits per heavy atom. The number of aryl methyl sites for hydroxylation is 1. The molecule has 0 spiro atoms. The molecule has 1 heterocycles. The van der Waals surface area contributed by atoms with Gasteiger partial charge in [0.05, 0.1) is 0 Å². The second-order valence-corrected chi connectivity index (χ2v) is 7.19. The van der Waals surface area contributed by atoms with Gasteiger partial charge in [0.2, 0.25) is 10.0 Å². The van der Waals surface area contributed by atoms with Crippen molar-refractivity contribution in [3.05, 3.63) is 28.5 Å². The first-order chi connectivity index (χ1) is 8.98. The average molecular weight is 302 g/mol. The van der Waals surface area contributed by atoms with Gasteiger partial charge in [0.25, 0.3) is 0 Å². The SMILES string of the molecule is C=CCN(CCC)S(=O)(=O)c1c(C)csc1CNC. The molecule has 0 fully saturated rings. The molecule has 0 saturated heterocycles. The van der Waals surface area contributed by atoms with Crippen molar-refractivity contribution in [3.63, 3.8) is 0 Å². The largest absolute Gasteiger partial charge is 0.315 e. The van der Waals surface area contributed by atoms with E-state index in [0.29, 0.717) is 24.5 Å². The van der Waals surface area contributed by atoms with Crippen molar-refractivity contribution in [2.75, 3.05) is 20.1 Å². The highest BCUT2D eigenvalue weighted by molar-refractivity contribution is 7.89. The van der Waals surface area contributed by atoms with Crippen LogP contribution in [0, 0.1) is 6.92 Å². The molecule has 1 rings (SSSR count). The van der Waals surface area contributed by atoms with Gasteiger partial charge in [0, 0.05) is 24.5 Å². The Morgan fingerprint density at radius 1 is 1.53 bits per heavy atom. The third kappa shape index (κ3) is 3.66. The molecule has 4 nitrogen and oxygen atoms in total. The van der Waals surface area contributed by atoms with Crippen molar-refractivity contribution in [2.24, 2.45) is 0 Å². The van der Waals surface area contributed by atoms with Gasteiger partial charge in [-0.1, -0.05) is 13.0 Å². The molecule has 0 aromatic carbocycles. The van der Waals surface area contributed by atoms with E-state index in [4.69, 9.17) is 0 Å². The Bertz CT molecular complexity index is 521. The van der Waals surface area contributed by atoms with Crippen molar-refractivity contribution in [2.45, 2.75) is 31.7 Å². The summed E-state index contributed by atoms with van der Waals surface area (Å²) < 4.78 is 27.0. The lowest BCUT2D eigenvalue weighted by molar-refractivity contribution is 0.440. The van der Waals surface area contributed by atoms with Crippen LogP contribution in [0.3, 0.4) is 0 Å². The minimum Gasteiger partial charge on any atom is -0.315 e. The first-order valence-corrected chi connectivity index (χ1v) is 8.63. The zero-order valence-electron chi connectivity index (χ0n) is 11.8. The summed E-state index contributed by atoms with van der Waals surface area (Å²) >= 11 is 1.49. The molecular weight excluding hydrogens is 280 g/mol. The summed E-state index contributed by atoms with van der Waals surface area (Å²) in [5.74, 6) is 0. The van der Waals surface area contributed by atoms with Gasteiger partial charge in [-0.2, -0.15) is 4.31 Å². The molecule has 0 unspecified atom stereocenters. The van der Waals surface area contributed by atoms with Crippen LogP contribution in [0.4, 0.5) is 0 Å². The maximum Gasteiger partial charge on any atom is 0.244 e. The van der Waals surface area contributed by atoms with Gasteiger partial charge in [0.1, 0.15) is 4.90 Å². The molecule has 0 aliphatic carbocycles. The molecule has 1 aromatic rings. The van der Waals surface area contributed by atoms with E-state index in [0.717, 1.165) is 16.9 Å². The molecule has 108 valence electrons. The molecule has 6 heteroatoms. The van der Waals surface area contributed by atoms with Gasteiger partial charge < -0.3 is 5.32 Å². The monoisotopic (exact) mass is 302 g/mol. The highest BCUT2D eigenvalue weighted by Gasteiger charge is 2.28. The smallest absolute Gasteiger partial charge is 0.244 e. The predicted molar refractivity (Wildman–Crippen MR) is 81.1 cm³/mol. The number of thiophene rings is 1. The van der Waals surface area contributed by atoms with E-state index < -0.39 is 10.0 Å². The topological polar surface area (TPSA) is 49.4 Å². The lowest BCUT2D eigenvalue weighted by atomic mass is 10.3. The first kappa shape index (κ1) is 16.4. The van der Waals surface area contributed by atoms with Crippen LogP contribution in [0.25, 0.3) is 0 Å². The fourth-order valence-corrected chi connectivity index (χ4v) is 5.22. The van der Waals surface area contributed by atoms with Crippen LogP contribution < -0.4 is 5.32 Å². The van der Waals surface area contributed by atoms with Crippen LogP contribution in [0.2, 0.25) is 0 Å². The van der Waals surface area contributed by atoms with E-state index in [-0.39, 0.29) is 0 Å². The highest BCUT2D eigenvalue weighted by Crippen LogP contribution is 2.29. The van der Waals surface area contributed by atoms with Crippen molar-refractivity contribution in [3.8, 4) is 0 Å². The average Bonchev–Trinajstić information content (AvgIpc) is 2.71. The van der Waals surface area contributed by atoms with Gasteiger partial charge in [-0.05, 0) is 31.3 Å². The molecule has 1 aromatic heterocycles.